The van der Waals surface area contributed by atoms with Crippen molar-refractivity contribution in [2.75, 3.05) is 82.5 Å². The lowest BCUT2D eigenvalue weighted by Crippen LogP contribution is -2.51. The highest BCUT2D eigenvalue weighted by Crippen LogP contribution is 2.43. The van der Waals surface area contributed by atoms with E-state index in [0.29, 0.717) is 86.7 Å². The van der Waals surface area contributed by atoms with Crippen molar-refractivity contribution in [3.63, 3.8) is 0 Å². The van der Waals surface area contributed by atoms with Crippen molar-refractivity contribution < 1.29 is 23.0 Å². The summed E-state index contributed by atoms with van der Waals surface area (Å²) >= 11 is 12.7. The van der Waals surface area contributed by atoms with Crippen LogP contribution < -0.4 is 34.6 Å². The molecule has 0 spiro atoms. The second-order valence-electron chi connectivity index (χ2n) is 21.8. The molecule has 12 heterocycles. The van der Waals surface area contributed by atoms with E-state index in [0.717, 1.165) is 104 Å². The maximum atomic E-state index is 16.3. The Hall–Kier alpha value is -5.30. The summed E-state index contributed by atoms with van der Waals surface area (Å²) in [6, 6.07) is 14.5. The van der Waals surface area contributed by atoms with Gasteiger partial charge in [-0.3, -0.25) is 19.8 Å². The number of piperazine rings is 2. The quantitative estimate of drug-likeness (QED) is 0.128. The number of pyridine rings is 2. The SMILES string of the molecule is COc1c(Cl)cccc1-c1ncc2c(N3CC4CCC(C3)N4)nc(OCC34CCCN3CCC4)nc2c1F.Fc1c(-c2ccccc2Cl)ncc2c(N3CC4CCC(C3)N4)nc(OCC34CCCN3CCC4)nc12. The summed E-state index contributed by atoms with van der Waals surface area (Å²) in [4.78, 5) is 37.6. The van der Waals surface area contributed by atoms with Crippen molar-refractivity contribution in [2.24, 2.45) is 0 Å². The third-order valence-corrected chi connectivity index (χ3v) is 18.1. The van der Waals surface area contributed by atoms with Crippen LogP contribution in [0.4, 0.5) is 20.4 Å². The fraction of sp³-hybridized carbons (Fsp3) is 0.527. The first-order chi connectivity index (χ1) is 36.1. The van der Waals surface area contributed by atoms with Gasteiger partial charge in [0.25, 0.3) is 0 Å². The Morgan fingerprint density at radius 2 is 1.01 bits per heavy atom. The minimum atomic E-state index is -0.531. The number of benzene rings is 2. The zero-order valence-corrected chi connectivity index (χ0v) is 43.3. The Bertz CT molecular complexity index is 3080. The second-order valence-corrected chi connectivity index (χ2v) is 22.6. The molecule has 4 atom stereocenters. The number of ether oxygens (including phenoxy) is 3. The molecular formula is C55H62Cl2F2N12O3. The molecular weight excluding hydrogens is 986 g/mol. The molecule has 4 aromatic heterocycles. The van der Waals surface area contributed by atoms with E-state index in [1.165, 1.54) is 32.8 Å². The highest BCUT2D eigenvalue weighted by atomic mass is 35.5. The van der Waals surface area contributed by atoms with Gasteiger partial charge in [0.15, 0.2) is 11.6 Å². The first-order valence-corrected chi connectivity index (χ1v) is 27.5. The van der Waals surface area contributed by atoms with Crippen LogP contribution >= 0.6 is 23.2 Å². The fourth-order valence-electron chi connectivity index (χ4n) is 13.8. The van der Waals surface area contributed by atoms with Gasteiger partial charge in [0.1, 0.15) is 53.0 Å². The van der Waals surface area contributed by atoms with Gasteiger partial charge in [-0.1, -0.05) is 47.5 Å². The van der Waals surface area contributed by atoms with Crippen LogP contribution in [0, 0.1) is 11.6 Å². The van der Waals surface area contributed by atoms with E-state index in [4.69, 9.17) is 47.4 Å². The summed E-state index contributed by atoms with van der Waals surface area (Å²) < 4.78 is 50.5. The predicted octanol–water partition coefficient (Wildman–Crippen LogP) is 8.87. The number of aromatic nitrogens is 6. The average molecular weight is 1050 g/mol. The number of fused-ring (bicyclic) bond motifs is 8. The first kappa shape index (κ1) is 48.3. The summed E-state index contributed by atoms with van der Waals surface area (Å²) in [6.07, 6.45) is 17.2. The Morgan fingerprint density at radius 3 is 1.47 bits per heavy atom. The van der Waals surface area contributed by atoms with Crippen LogP contribution in [0.25, 0.3) is 44.3 Å². The highest BCUT2D eigenvalue weighted by molar-refractivity contribution is 6.33. The van der Waals surface area contributed by atoms with Gasteiger partial charge in [0, 0.05) is 73.9 Å². The molecule has 74 heavy (non-hydrogen) atoms. The van der Waals surface area contributed by atoms with E-state index in [-0.39, 0.29) is 45.5 Å². The molecule has 4 bridgehead atoms. The van der Waals surface area contributed by atoms with Crippen LogP contribution in [0.2, 0.25) is 10.0 Å². The fourth-order valence-corrected chi connectivity index (χ4v) is 14.3. The lowest BCUT2D eigenvalue weighted by Gasteiger charge is -2.34. The maximum absolute atomic E-state index is 16.3. The van der Waals surface area contributed by atoms with Crippen molar-refractivity contribution >= 4 is 56.6 Å². The minimum absolute atomic E-state index is 0.0444. The summed E-state index contributed by atoms with van der Waals surface area (Å²) in [5, 5.41) is 9.37. The molecule has 19 heteroatoms. The molecule has 0 saturated carbocycles. The Morgan fingerprint density at radius 1 is 0.581 bits per heavy atom. The van der Waals surface area contributed by atoms with Gasteiger partial charge in [-0.25, -0.2) is 8.78 Å². The summed E-state index contributed by atoms with van der Waals surface area (Å²) in [6.45, 7) is 8.80. The van der Waals surface area contributed by atoms with Gasteiger partial charge in [0.2, 0.25) is 0 Å². The second kappa shape index (κ2) is 19.7. The topological polar surface area (TPSA) is 142 Å². The predicted molar refractivity (Wildman–Crippen MR) is 283 cm³/mol. The number of rotatable bonds is 11. The van der Waals surface area contributed by atoms with Crippen LogP contribution in [0.15, 0.2) is 54.9 Å². The van der Waals surface area contributed by atoms with Gasteiger partial charge < -0.3 is 34.6 Å². The van der Waals surface area contributed by atoms with Crippen LogP contribution in [-0.2, 0) is 0 Å². The zero-order valence-electron chi connectivity index (χ0n) is 41.8. The summed E-state index contributed by atoms with van der Waals surface area (Å²) in [5.41, 5.74) is 1.91. The lowest BCUT2D eigenvalue weighted by atomic mass is 9.95. The monoisotopic (exact) mass is 1050 g/mol. The van der Waals surface area contributed by atoms with Crippen molar-refractivity contribution in [1.82, 2.24) is 50.3 Å². The number of hydrogen-bond acceptors (Lipinski definition) is 15. The number of anilines is 2. The largest absolute Gasteiger partial charge is 0.494 e. The molecule has 2 N–H and O–H groups in total. The van der Waals surface area contributed by atoms with Crippen LogP contribution in [0.5, 0.6) is 17.8 Å². The van der Waals surface area contributed by atoms with E-state index >= 15 is 8.78 Å². The van der Waals surface area contributed by atoms with E-state index in [9.17, 15) is 0 Å². The number of para-hydroxylation sites is 1. The molecule has 4 unspecified atom stereocenters. The van der Waals surface area contributed by atoms with Gasteiger partial charge in [0.05, 0.1) is 39.0 Å². The first-order valence-electron chi connectivity index (χ1n) is 26.7. The zero-order chi connectivity index (χ0) is 50.1. The minimum Gasteiger partial charge on any atom is -0.494 e. The summed E-state index contributed by atoms with van der Waals surface area (Å²) in [7, 11) is 1.52. The van der Waals surface area contributed by atoms with Crippen molar-refractivity contribution in [3.05, 3.63) is 76.5 Å². The molecule has 0 aliphatic carbocycles. The standard InChI is InChI=1S/C28H32ClFN6O2.C27H30ClFN6O/c1-37-25-19(5-2-6-21(25)29)23-22(30)24-20(13-31-23)26(35-14-17-7-8-18(15-35)32-17)34-27(33-24)38-16-28-9-3-11-36(28)12-4-10-28;28-21-6-2-1-5-19(21)23-22(29)24-20(13-30-23)25(34-14-17-7-8-18(15-34)31-17)33-26(32-24)36-16-27-9-3-11-35(27)12-4-10-27/h2,5-6,13,17-18,32H,3-4,7-12,14-16H2,1H3;1-2,5-6,13,17-18,31H,3-4,7-12,14-16H2. The highest BCUT2D eigenvalue weighted by Gasteiger charge is 2.47. The molecule has 388 valence electrons. The Kier molecular flexibility index (Phi) is 12.9. The number of halogens is 4. The molecule has 8 aliphatic heterocycles. The van der Waals surface area contributed by atoms with Crippen molar-refractivity contribution in [2.45, 2.75) is 112 Å². The molecule has 8 aliphatic rings. The summed E-state index contributed by atoms with van der Waals surface area (Å²) in [5.74, 6) is 0.750. The lowest BCUT2D eigenvalue weighted by molar-refractivity contribution is 0.108. The van der Waals surface area contributed by atoms with Gasteiger partial charge in [-0.15, -0.1) is 0 Å². The maximum Gasteiger partial charge on any atom is 0.319 e. The van der Waals surface area contributed by atoms with E-state index in [1.807, 2.05) is 12.1 Å². The van der Waals surface area contributed by atoms with E-state index in [1.54, 1.807) is 42.7 Å². The number of hydrogen-bond donors (Lipinski definition) is 2. The molecule has 2 aromatic carbocycles. The molecule has 15 nitrogen and oxygen atoms in total. The molecule has 0 radical (unpaired) electrons. The van der Waals surface area contributed by atoms with Crippen LogP contribution in [0.3, 0.4) is 0 Å². The molecule has 0 amide bonds. The van der Waals surface area contributed by atoms with E-state index in [2.05, 4.69) is 50.2 Å². The number of methoxy groups -OCH3 is 1. The Labute approximate surface area is 439 Å². The number of nitrogens with one attached hydrogen (secondary N) is 2. The molecule has 14 rings (SSSR count). The number of nitrogens with zero attached hydrogens (tertiary/aromatic N) is 10. The third kappa shape index (κ3) is 8.72. The smallest absolute Gasteiger partial charge is 0.319 e. The van der Waals surface area contributed by atoms with Crippen molar-refractivity contribution in [1.29, 1.82) is 0 Å². The van der Waals surface area contributed by atoms with Gasteiger partial charge >= 0.3 is 12.0 Å². The van der Waals surface area contributed by atoms with Crippen LogP contribution in [-0.4, -0.2) is 148 Å². The molecule has 8 saturated heterocycles. The van der Waals surface area contributed by atoms with Crippen LogP contribution in [0.1, 0.15) is 77.0 Å². The van der Waals surface area contributed by atoms with Crippen molar-refractivity contribution in [3.8, 4) is 40.3 Å². The Balaban J connectivity index is 0.000000143. The average Bonchev–Trinajstić information content (AvgIpc) is 4.29. The van der Waals surface area contributed by atoms with Gasteiger partial charge in [-0.2, -0.15) is 19.9 Å². The third-order valence-electron chi connectivity index (χ3n) is 17.4. The molecule has 8 fully saturated rings. The normalized spacial score (nSPS) is 24.6. The molecule has 6 aromatic rings. The van der Waals surface area contributed by atoms with Gasteiger partial charge in [-0.05, 0) is 121 Å². The van der Waals surface area contributed by atoms with E-state index < -0.39 is 11.6 Å².